The highest BCUT2D eigenvalue weighted by Crippen LogP contribution is 2.28. The Labute approximate surface area is 126 Å². The largest absolute Gasteiger partial charge is 0.489 e. The summed E-state index contributed by atoms with van der Waals surface area (Å²) in [5.41, 5.74) is 9.65. The first kappa shape index (κ1) is 14.2. The van der Waals surface area contributed by atoms with Crippen LogP contribution in [0.1, 0.15) is 16.7 Å². The third-order valence-corrected chi connectivity index (χ3v) is 4.55. The first-order chi connectivity index (χ1) is 8.99. The van der Waals surface area contributed by atoms with E-state index >= 15 is 0 Å². The molecule has 19 heavy (non-hydrogen) atoms. The van der Waals surface area contributed by atoms with Crippen LogP contribution in [0, 0.1) is 13.8 Å². The van der Waals surface area contributed by atoms with Gasteiger partial charge in [0.1, 0.15) is 12.4 Å². The molecule has 0 aliphatic rings. The molecular formula is C15H15BrClNO. The molecule has 2 N–H and O–H groups in total. The molecule has 0 atom stereocenters. The van der Waals surface area contributed by atoms with Gasteiger partial charge in [0.2, 0.25) is 0 Å². The zero-order valence-electron chi connectivity index (χ0n) is 10.8. The summed E-state index contributed by atoms with van der Waals surface area (Å²) in [6.45, 7) is 4.44. The minimum absolute atomic E-state index is 0.367. The second kappa shape index (κ2) is 5.85. The van der Waals surface area contributed by atoms with Crippen LogP contribution in [0.15, 0.2) is 34.8 Å². The normalized spacial score (nSPS) is 10.5. The molecule has 0 saturated heterocycles. The van der Waals surface area contributed by atoms with Crippen molar-refractivity contribution in [2.24, 2.45) is 0 Å². The van der Waals surface area contributed by atoms with Gasteiger partial charge in [-0.25, -0.2) is 0 Å². The van der Waals surface area contributed by atoms with Crippen molar-refractivity contribution in [3.05, 3.63) is 56.5 Å². The molecule has 4 heteroatoms. The fourth-order valence-corrected chi connectivity index (χ4v) is 2.34. The van der Waals surface area contributed by atoms with Crippen molar-refractivity contribution in [2.75, 3.05) is 5.73 Å². The third kappa shape index (κ3) is 3.23. The van der Waals surface area contributed by atoms with Gasteiger partial charge in [-0.2, -0.15) is 0 Å². The summed E-state index contributed by atoms with van der Waals surface area (Å²) in [4.78, 5) is 0. The molecule has 0 amide bonds. The second-order valence-electron chi connectivity index (χ2n) is 4.47. The number of hydrogen-bond acceptors (Lipinski definition) is 2. The van der Waals surface area contributed by atoms with Crippen LogP contribution in [0.4, 0.5) is 5.69 Å². The highest BCUT2D eigenvalue weighted by atomic mass is 79.9. The van der Waals surface area contributed by atoms with E-state index in [9.17, 15) is 0 Å². The zero-order chi connectivity index (χ0) is 14.0. The van der Waals surface area contributed by atoms with Crippen LogP contribution in [0.3, 0.4) is 0 Å². The molecule has 2 rings (SSSR count). The van der Waals surface area contributed by atoms with Gasteiger partial charge in [0.05, 0.1) is 0 Å². The van der Waals surface area contributed by atoms with Gasteiger partial charge in [-0.1, -0.05) is 33.6 Å². The van der Waals surface area contributed by atoms with E-state index in [4.69, 9.17) is 22.1 Å². The standard InChI is InChI=1S/C15H15BrClNO/c1-9-6-11(7-10(2)15(9)16)19-8-12-13(17)4-3-5-14(12)18/h3-7H,8,18H2,1-2H3. The van der Waals surface area contributed by atoms with Gasteiger partial charge in [0, 0.05) is 20.7 Å². The lowest BCUT2D eigenvalue weighted by Gasteiger charge is -2.12. The van der Waals surface area contributed by atoms with Gasteiger partial charge in [-0.3, -0.25) is 0 Å². The summed E-state index contributed by atoms with van der Waals surface area (Å²) < 4.78 is 6.89. The molecule has 0 aliphatic heterocycles. The molecule has 0 radical (unpaired) electrons. The number of rotatable bonds is 3. The quantitative estimate of drug-likeness (QED) is 0.808. The average Bonchev–Trinajstić information content (AvgIpc) is 2.35. The van der Waals surface area contributed by atoms with E-state index in [2.05, 4.69) is 15.9 Å². The van der Waals surface area contributed by atoms with E-state index in [0.29, 0.717) is 17.3 Å². The number of nitrogens with two attached hydrogens (primary N) is 1. The molecule has 2 aromatic rings. The van der Waals surface area contributed by atoms with Gasteiger partial charge in [-0.05, 0) is 49.2 Å². The van der Waals surface area contributed by atoms with Crippen molar-refractivity contribution in [1.29, 1.82) is 0 Å². The van der Waals surface area contributed by atoms with Crippen molar-refractivity contribution in [2.45, 2.75) is 20.5 Å². The minimum atomic E-state index is 0.367. The molecule has 100 valence electrons. The maximum Gasteiger partial charge on any atom is 0.120 e. The molecule has 0 fully saturated rings. The SMILES string of the molecule is Cc1cc(OCc2c(N)cccc2Cl)cc(C)c1Br. The summed E-state index contributed by atoms with van der Waals surface area (Å²) >= 11 is 9.65. The number of nitrogen functional groups attached to an aromatic ring is 1. The van der Waals surface area contributed by atoms with Crippen LogP contribution >= 0.6 is 27.5 Å². The lowest BCUT2D eigenvalue weighted by Crippen LogP contribution is -2.01. The maximum atomic E-state index is 6.12. The molecule has 0 heterocycles. The summed E-state index contributed by atoms with van der Waals surface area (Å²) in [6, 6.07) is 9.45. The highest BCUT2D eigenvalue weighted by molar-refractivity contribution is 9.10. The van der Waals surface area contributed by atoms with E-state index in [1.54, 1.807) is 0 Å². The van der Waals surface area contributed by atoms with Gasteiger partial charge in [0.15, 0.2) is 0 Å². The van der Waals surface area contributed by atoms with E-state index in [-0.39, 0.29) is 0 Å². The molecule has 2 aromatic carbocycles. The molecule has 0 aromatic heterocycles. The van der Waals surface area contributed by atoms with E-state index in [0.717, 1.165) is 26.9 Å². The predicted octanol–water partition coefficient (Wildman–Crippen LogP) is 4.88. The molecule has 0 spiro atoms. The van der Waals surface area contributed by atoms with Crippen molar-refractivity contribution in [3.63, 3.8) is 0 Å². The topological polar surface area (TPSA) is 35.2 Å². The Morgan fingerprint density at radius 3 is 2.42 bits per heavy atom. The average molecular weight is 341 g/mol. The molecule has 0 unspecified atom stereocenters. The first-order valence-electron chi connectivity index (χ1n) is 5.91. The Morgan fingerprint density at radius 1 is 1.21 bits per heavy atom. The monoisotopic (exact) mass is 339 g/mol. The highest BCUT2D eigenvalue weighted by Gasteiger charge is 2.07. The Kier molecular flexibility index (Phi) is 4.38. The number of halogens is 2. The van der Waals surface area contributed by atoms with Gasteiger partial charge in [0.25, 0.3) is 0 Å². The van der Waals surface area contributed by atoms with Crippen molar-refractivity contribution in [1.82, 2.24) is 0 Å². The van der Waals surface area contributed by atoms with Crippen molar-refractivity contribution in [3.8, 4) is 5.75 Å². The Balaban J connectivity index is 2.19. The molecular weight excluding hydrogens is 326 g/mol. The zero-order valence-corrected chi connectivity index (χ0v) is 13.2. The number of benzene rings is 2. The second-order valence-corrected chi connectivity index (χ2v) is 5.67. The number of anilines is 1. The van der Waals surface area contributed by atoms with Crippen LogP contribution in [0.5, 0.6) is 5.75 Å². The number of ether oxygens (including phenoxy) is 1. The lowest BCUT2D eigenvalue weighted by atomic mass is 10.1. The van der Waals surface area contributed by atoms with Crippen molar-refractivity contribution >= 4 is 33.2 Å². The van der Waals surface area contributed by atoms with Crippen LogP contribution in [-0.4, -0.2) is 0 Å². The molecule has 2 nitrogen and oxygen atoms in total. The third-order valence-electron chi connectivity index (χ3n) is 2.95. The van der Waals surface area contributed by atoms with Crippen LogP contribution in [0.2, 0.25) is 5.02 Å². The van der Waals surface area contributed by atoms with E-state index in [1.807, 2.05) is 44.2 Å². The summed E-state index contributed by atoms with van der Waals surface area (Å²) in [6.07, 6.45) is 0. The fraction of sp³-hybridized carbons (Fsp3) is 0.200. The van der Waals surface area contributed by atoms with E-state index in [1.165, 1.54) is 0 Å². The van der Waals surface area contributed by atoms with Crippen LogP contribution in [-0.2, 0) is 6.61 Å². The van der Waals surface area contributed by atoms with E-state index < -0.39 is 0 Å². The van der Waals surface area contributed by atoms with Gasteiger partial charge < -0.3 is 10.5 Å². The first-order valence-corrected chi connectivity index (χ1v) is 7.08. The lowest BCUT2D eigenvalue weighted by molar-refractivity contribution is 0.306. The van der Waals surface area contributed by atoms with Crippen molar-refractivity contribution < 1.29 is 4.74 Å². The number of aryl methyl sites for hydroxylation is 2. The molecule has 0 bridgehead atoms. The smallest absolute Gasteiger partial charge is 0.120 e. The Morgan fingerprint density at radius 2 is 1.84 bits per heavy atom. The molecule has 0 saturated carbocycles. The fourth-order valence-electron chi connectivity index (χ4n) is 1.87. The number of hydrogen-bond donors (Lipinski definition) is 1. The Bertz CT molecular complexity index is 570. The minimum Gasteiger partial charge on any atom is -0.489 e. The Hall–Kier alpha value is -1.19. The molecule has 0 aliphatic carbocycles. The van der Waals surface area contributed by atoms with Crippen LogP contribution in [0.25, 0.3) is 0 Å². The van der Waals surface area contributed by atoms with Gasteiger partial charge in [-0.15, -0.1) is 0 Å². The summed E-state index contributed by atoms with van der Waals surface area (Å²) in [7, 11) is 0. The predicted molar refractivity (Wildman–Crippen MR) is 83.8 cm³/mol. The van der Waals surface area contributed by atoms with Gasteiger partial charge >= 0.3 is 0 Å². The maximum absolute atomic E-state index is 6.12. The van der Waals surface area contributed by atoms with Crippen LogP contribution < -0.4 is 10.5 Å². The summed E-state index contributed by atoms with van der Waals surface area (Å²) in [5, 5.41) is 0.630. The summed E-state index contributed by atoms with van der Waals surface area (Å²) in [5.74, 6) is 0.817.